The number of benzene rings is 1. The minimum absolute atomic E-state index is 0.246. The zero-order valence-electron chi connectivity index (χ0n) is 13.2. The van der Waals surface area contributed by atoms with E-state index >= 15 is 0 Å². The average molecular weight is 279 g/mol. The largest absolute Gasteiger partial charge is 0.493 e. The molecular weight excluding hydrogens is 254 g/mol. The second-order valence-corrected chi connectivity index (χ2v) is 6.09. The molecule has 1 aromatic rings. The number of ether oxygens (including phenoxy) is 3. The molecule has 1 aliphatic carbocycles. The molecule has 0 aliphatic heterocycles. The third-order valence-corrected chi connectivity index (χ3v) is 4.15. The van der Waals surface area contributed by atoms with Crippen LogP contribution in [-0.2, 0) is 0 Å². The van der Waals surface area contributed by atoms with Crippen LogP contribution in [0.4, 0.5) is 0 Å². The number of hydrogen-bond donors (Lipinski definition) is 1. The molecule has 0 heterocycles. The van der Waals surface area contributed by atoms with Crippen molar-refractivity contribution >= 4 is 0 Å². The maximum atomic E-state index is 5.40. The lowest BCUT2D eigenvalue weighted by molar-refractivity contribution is 0.323. The summed E-state index contributed by atoms with van der Waals surface area (Å²) in [7, 11) is 4.90. The standard InChI is InChI=1S/C16H25NO3/c1-10(17-14-9-16(14,2)3)11-7-12(18-4)15(20-6)13(8-11)19-5/h7-8,10,14,17H,9H2,1-6H3. The van der Waals surface area contributed by atoms with E-state index in [0.29, 0.717) is 28.7 Å². The predicted molar refractivity (Wildman–Crippen MR) is 79.8 cm³/mol. The van der Waals surface area contributed by atoms with E-state index in [9.17, 15) is 0 Å². The molecule has 0 amide bonds. The van der Waals surface area contributed by atoms with Crippen LogP contribution in [0.5, 0.6) is 17.2 Å². The van der Waals surface area contributed by atoms with Gasteiger partial charge in [0.1, 0.15) is 0 Å². The van der Waals surface area contributed by atoms with E-state index in [2.05, 4.69) is 26.1 Å². The van der Waals surface area contributed by atoms with Crippen molar-refractivity contribution in [1.29, 1.82) is 0 Å². The van der Waals surface area contributed by atoms with Crippen molar-refractivity contribution < 1.29 is 14.2 Å². The van der Waals surface area contributed by atoms with E-state index < -0.39 is 0 Å². The van der Waals surface area contributed by atoms with E-state index in [1.807, 2.05) is 12.1 Å². The molecule has 1 aromatic carbocycles. The van der Waals surface area contributed by atoms with Crippen LogP contribution in [0.25, 0.3) is 0 Å². The quantitative estimate of drug-likeness (QED) is 0.868. The van der Waals surface area contributed by atoms with E-state index in [0.717, 1.165) is 5.56 Å². The molecule has 4 nitrogen and oxygen atoms in total. The lowest BCUT2D eigenvalue weighted by atomic mass is 10.1. The first-order chi connectivity index (χ1) is 9.42. The zero-order valence-corrected chi connectivity index (χ0v) is 13.2. The highest BCUT2D eigenvalue weighted by Gasteiger charge is 2.46. The van der Waals surface area contributed by atoms with E-state index in [1.165, 1.54) is 6.42 Å². The van der Waals surface area contributed by atoms with Crippen LogP contribution in [0, 0.1) is 5.41 Å². The van der Waals surface area contributed by atoms with Gasteiger partial charge in [-0.25, -0.2) is 0 Å². The lowest BCUT2D eigenvalue weighted by Gasteiger charge is -2.19. The molecule has 112 valence electrons. The monoisotopic (exact) mass is 279 g/mol. The fourth-order valence-corrected chi connectivity index (χ4v) is 2.50. The van der Waals surface area contributed by atoms with Crippen molar-refractivity contribution in [3.8, 4) is 17.2 Å². The smallest absolute Gasteiger partial charge is 0.203 e. The summed E-state index contributed by atoms with van der Waals surface area (Å²) in [5.74, 6) is 2.04. The summed E-state index contributed by atoms with van der Waals surface area (Å²) in [5.41, 5.74) is 1.55. The van der Waals surface area contributed by atoms with Crippen LogP contribution in [-0.4, -0.2) is 27.4 Å². The molecule has 1 N–H and O–H groups in total. The minimum Gasteiger partial charge on any atom is -0.493 e. The van der Waals surface area contributed by atoms with Crippen LogP contribution in [0.1, 0.15) is 38.8 Å². The maximum absolute atomic E-state index is 5.40. The number of rotatable bonds is 6. The van der Waals surface area contributed by atoms with Crippen LogP contribution in [0.3, 0.4) is 0 Å². The normalized spacial score (nSPS) is 21.2. The van der Waals surface area contributed by atoms with Gasteiger partial charge < -0.3 is 19.5 Å². The number of methoxy groups -OCH3 is 3. The van der Waals surface area contributed by atoms with E-state index in [-0.39, 0.29) is 6.04 Å². The third kappa shape index (κ3) is 2.85. The van der Waals surface area contributed by atoms with Crippen molar-refractivity contribution in [3.63, 3.8) is 0 Å². The van der Waals surface area contributed by atoms with Crippen LogP contribution in [0.2, 0.25) is 0 Å². The van der Waals surface area contributed by atoms with Gasteiger partial charge in [0, 0.05) is 12.1 Å². The molecule has 1 fully saturated rings. The van der Waals surface area contributed by atoms with Crippen LogP contribution < -0.4 is 19.5 Å². The van der Waals surface area contributed by atoms with Gasteiger partial charge in [-0.05, 0) is 36.5 Å². The number of nitrogens with one attached hydrogen (secondary N) is 1. The Morgan fingerprint density at radius 3 is 1.95 bits per heavy atom. The first-order valence-electron chi connectivity index (χ1n) is 6.99. The van der Waals surface area contributed by atoms with Gasteiger partial charge in [0.15, 0.2) is 11.5 Å². The van der Waals surface area contributed by atoms with Crippen molar-refractivity contribution in [2.45, 2.75) is 39.3 Å². The zero-order chi connectivity index (χ0) is 14.9. The summed E-state index contributed by atoms with van der Waals surface area (Å²) in [5, 5.41) is 3.65. The van der Waals surface area contributed by atoms with Gasteiger partial charge in [0.2, 0.25) is 5.75 Å². The van der Waals surface area contributed by atoms with Crippen molar-refractivity contribution in [2.24, 2.45) is 5.41 Å². The second-order valence-electron chi connectivity index (χ2n) is 6.09. The summed E-state index contributed by atoms with van der Waals surface area (Å²) in [6.45, 7) is 6.73. The summed E-state index contributed by atoms with van der Waals surface area (Å²) < 4.78 is 16.1. The topological polar surface area (TPSA) is 39.7 Å². The molecule has 1 saturated carbocycles. The Bertz CT molecular complexity index is 460. The molecule has 0 bridgehead atoms. The Morgan fingerprint density at radius 1 is 1.10 bits per heavy atom. The molecule has 0 radical (unpaired) electrons. The Morgan fingerprint density at radius 2 is 1.60 bits per heavy atom. The fraction of sp³-hybridized carbons (Fsp3) is 0.625. The maximum Gasteiger partial charge on any atom is 0.203 e. The first kappa shape index (κ1) is 15.0. The van der Waals surface area contributed by atoms with Crippen molar-refractivity contribution in [3.05, 3.63) is 17.7 Å². The average Bonchev–Trinajstić information content (AvgIpc) is 3.03. The predicted octanol–water partition coefficient (Wildman–Crippen LogP) is 3.16. The first-order valence-corrected chi connectivity index (χ1v) is 6.99. The van der Waals surface area contributed by atoms with Crippen molar-refractivity contribution in [1.82, 2.24) is 5.32 Å². The van der Waals surface area contributed by atoms with Gasteiger partial charge in [0.05, 0.1) is 21.3 Å². The SMILES string of the molecule is COc1cc(C(C)NC2CC2(C)C)cc(OC)c1OC. The molecule has 1 aliphatic rings. The second kappa shape index (κ2) is 5.52. The molecule has 2 unspecified atom stereocenters. The summed E-state index contributed by atoms with van der Waals surface area (Å²) >= 11 is 0. The Hall–Kier alpha value is -1.42. The van der Waals surface area contributed by atoms with Crippen LogP contribution in [0.15, 0.2) is 12.1 Å². The van der Waals surface area contributed by atoms with E-state index in [1.54, 1.807) is 21.3 Å². The van der Waals surface area contributed by atoms with Crippen molar-refractivity contribution in [2.75, 3.05) is 21.3 Å². The molecule has 4 heteroatoms. The highest BCUT2D eigenvalue weighted by Crippen LogP contribution is 2.46. The molecule has 2 rings (SSSR count). The fourth-order valence-electron chi connectivity index (χ4n) is 2.50. The third-order valence-electron chi connectivity index (χ3n) is 4.15. The lowest BCUT2D eigenvalue weighted by Crippen LogP contribution is -2.24. The molecule has 0 aromatic heterocycles. The van der Waals surface area contributed by atoms with Gasteiger partial charge in [-0.1, -0.05) is 13.8 Å². The molecule has 2 atom stereocenters. The Balaban J connectivity index is 2.23. The molecule has 20 heavy (non-hydrogen) atoms. The molecule has 0 saturated heterocycles. The van der Waals surface area contributed by atoms with Gasteiger partial charge >= 0.3 is 0 Å². The Labute approximate surface area is 121 Å². The van der Waals surface area contributed by atoms with Crippen LogP contribution >= 0.6 is 0 Å². The highest BCUT2D eigenvalue weighted by atomic mass is 16.5. The number of hydrogen-bond acceptors (Lipinski definition) is 4. The van der Waals surface area contributed by atoms with E-state index in [4.69, 9.17) is 14.2 Å². The molecular formula is C16H25NO3. The summed E-state index contributed by atoms with van der Waals surface area (Å²) in [6, 6.07) is 4.84. The minimum atomic E-state index is 0.246. The summed E-state index contributed by atoms with van der Waals surface area (Å²) in [4.78, 5) is 0. The van der Waals surface area contributed by atoms with Gasteiger partial charge in [-0.3, -0.25) is 0 Å². The van der Waals surface area contributed by atoms with Gasteiger partial charge in [-0.15, -0.1) is 0 Å². The Kier molecular flexibility index (Phi) is 4.14. The molecule has 0 spiro atoms. The van der Waals surface area contributed by atoms with Gasteiger partial charge in [-0.2, -0.15) is 0 Å². The summed E-state index contributed by atoms with van der Waals surface area (Å²) in [6.07, 6.45) is 1.22. The highest BCUT2D eigenvalue weighted by molar-refractivity contribution is 5.54. The van der Waals surface area contributed by atoms with Gasteiger partial charge in [0.25, 0.3) is 0 Å².